The molecule has 0 radical (unpaired) electrons. The van der Waals surface area contributed by atoms with Gasteiger partial charge in [-0.15, -0.1) is 0 Å². The van der Waals surface area contributed by atoms with Gasteiger partial charge >= 0.3 is 6.18 Å². The third-order valence-electron chi connectivity index (χ3n) is 4.29. The zero-order valence-corrected chi connectivity index (χ0v) is 14.4. The molecule has 2 N–H and O–H groups in total. The topological polar surface area (TPSA) is 64.2 Å². The molecule has 0 spiro atoms. The van der Waals surface area contributed by atoms with Crippen LogP contribution in [0.2, 0.25) is 5.02 Å². The quantitative estimate of drug-likeness (QED) is 0.816. The predicted octanol–water partition coefficient (Wildman–Crippen LogP) is 3.75. The molecule has 1 aromatic heterocycles. The molecule has 2 heterocycles. The lowest BCUT2D eigenvalue weighted by Crippen LogP contribution is -2.36. The van der Waals surface area contributed by atoms with Gasteiger partial charge in [0.15, 0.2) is 0 Å². The van der Waals surface area contributed by atoms with Crippen LogP contribution in [-0.4, -0.2) is 22.2 Å². The second-order valence-electron chi connectivity index (χ2n) is 6.18. The summed E-state index contributed by atoms with van der Waals surface area (Å²) in [6, 6.07) is 5.00. The first-order valence-corrected chi connectivity index (χ1v) is 8.18. The molecule has 1 aromatic carbocycles. The van der Waals surface area contributed by atoms with Crippen molar-refractivity contribution in [3.05, 3.63) is 53.2 Å². The minimum absolute atomic E-state index is 0.0121. The van der Waals surface area contributed by atoms with Crippen LogP contribution >= 0.6 is 11.6 Å². The molecule has 1 atom stereocenters. The minimum atomic E-state index is -4.46. The Hall–Kier alpha value is -2.48. The van der Waals surface area contributed by atoms with Crippen molar-refractivity contribution in [1.82, 2.24) is 9.78 Å². The molecule has 9 heteroatoms. The standard InChI is InChI=1S/C17H16ClF3N4O/c1-10(16(22)26)6-11-8-24(15-4-5-23-25(15)9-11)14-3-2-12(7-13(14)18)17(19,20)21/h2-5,7,11H,1,6,8-9H2,(H2,22,26). The van der Waals surface area contributed by atoms with Gasteiger partial charge in [-0.1, -0.05) is 18.2 Å². The number of hydrogen-bond acceptors (Lipinski definition) is 3. The summed E-state index contributed by atoms with van der Waals surface area (Å²) in [6.07, 6.45) is -2.50. The number of halogens is 4. The molecular weight excluding hydrogens is 369 g/mol. The molecule has 138 valence electrons. The van der Waals surface area contributed by atoms with Crippen molar-refractivity contribution in [2.45, 2.75) is 19.1 Å². The van der Waals surface area contributed by atoms with Gasteiger partial charge in [-0.2, -0.15) is 18.3 Å². The number of benzene rings is 1. The van der Waals surface area contributed by atoms with E-state index < -0.39 is 17.6 Å². The first-order valence-electron chi connectivity index (χ1n) is 7.80. The Morgan fingerprint density at radius 2 is 2.08 bits per heavy atom. The summed E-state index contributed by atoms with van der Waals surface area (Å²) in [6.45, 7) is 4.66. The molecule has 1 aliphatic heterocycles. The monoisotopic (exact) mass is 384 g/mol. The normalized spacial score (nSPS) is 17.1. The third-order valence-corrected chi connectivity index (χ3v) is 4.59. The molecule has 0 aliphatic carbocycles. The lowest BCUT2D eigenvalue weighted by Gasteiger charge is -2.35. The molecule has 0 fully saturated rings. The molecule has 0 saturated heterocycles. The number of amides is 1. The third kappa shape index (κ3) is 3.55. The van der Waals surface area contributed by atoms with E-state index in [1.54, 1.807) is 21.8 Å². The van der Waals surface area contributed by atoms with Crippen LogP contribution in [0.4, 0.5) is 24.7 Å². The van der Waals surface area contributed by atoms with E-state index >= 15 is 0 Å². The first kappa shape index (κ1) is 18.3. The van der Waals surface area contributed by atoms with Crippen LogP contribution in [0.15, 0.2) is 42.6 Å². The number of carbonyl (C=O) groups excluding carboxylic acids is 1. The lowest BCUT2D eigenvalue weighted by molar-refractivity contribution is -0.137. The SMILES string of the molecule is C=C(CC1CN(c2ccc(C(F)(F)F)cc2Cl)c2ccnn2C1)C(N)=O. The minimum Gasteiger partial charge on any atom is -0.366 e. The molecule has 1 amide bonds. The van der Waals surface area contributed by atoms with Gasteiger partial charge in [-0.3, -0.25) is 4.79 Å². The van der Waals surface area contributed by atoms with Gasteiger partial charge in [-0.05, 0) is 24.6 Å². The molecule has 2 aromatic rings. The van der Waals surface area contributed by atoms with Crippen LogP contribution in [0.1, 0.15) is 12.0 Å². The van der Waals surface area contributed by atoms with E-state index in [1.165, 1.54) is 6.07 Å². The van der Waals surface area contributed by atoms with Gasteiger partial charge in [0.25, 0.3) is 0 Å². The Kier molecular flexibility index (Phi) is 4.70. The van der Waals surface area contributed by atoms with E-state index in [4.69, 9.17) is 17.3 Å². The number of carbonyl (C=O) groups is 1. The number of primary amides is 1. The summed E-state index contributed by atoms with van der Waals surface area (Å²) in [5.74, 6) is 0.101. The molecule has 3 rings (SSSR count). The summed E-state index contributed by atoms with van der Waals surface area (Å²) < 4.78 is 40.3. The van der Waals surface area contributed by atoms with Crippen molar-refractivity contribution in [2.75, 3.05) is 11.4 Å². The Balaban J connectivity index is 1.94. The highest BCUT2D eigenvalue weighted by Crippen LogP contribution is 2.39. The number of aromatic nitrogens is 2. The van der Waals surface area contributed by atoms with Gasteiger partial charge in [0.05, 0.1) is 22.5 Å². The van der Waals surface area contributed by atoms with Crippen molar-refractivity contribution in [3.63, 3.8) is 0 Å². The van der Waals surface area contributed by atoms with Crippen molar-refractivity contribution in [3.8, 4) is 0 Å². The number of rotatable bonds is 4. The van der Waals surface area contributed by atoms with E-state index in [9.17, 15) is 18.0 Å². The molecule has 0 bridgehead atoms. The second kappa shape index (κ2) is 6.68. The highest BCUT2D eigenvalue weighted by molar-refractivity contribution is 6.33. The molecule has 1 unspecified atom stereocenters. The fourth-order valence-electron chi connectivity index (χ4n) is 3.05. The fraction of sp³-hybridized carbons (Fsp3) is 0.294. The largest absolute Gasteiger partial charge is 0.416 e. The zero-order valence-electron chi connectivity index (χ0n) is 13.6. The maximum atomic E-state index is 12.9. The highest BCUT2D eigenvalue weighted by Gasteiger charge is 2.33. The van der Waals surface area contributed by atoms with Gasteiger partial charge in [0.1, 0.15) is 5.82 Å². The maximum absolute atomic E-state index is 12.9. The van der Waals surface area contributed by atoms with Gasteiger partial charge < -0.3 is 10.6 Å². The van der Waals surface area contributed by atoms with Gasteiger partial charge in [0.2, 0.25) is 5.91 Å². The summed E-state index contributed by atoms with van der Waals surface area (Å²) in [5, 5.41) is 4.22. The average Bonchev–Trinajstić information content (AvgIpc) is 3.01. The molecular formula is C17H16ClF3N4O. The number of alkyl halides is 3. The average molecular weight is 385 g/mol. The Bertz CT molecular complexity index is 862. The number of anilines is 2. The van der Waals surface area contributed by atoms with E-state index in [1.807, 2.05) is 0 Å². The van der Waals surface area contributed by atoms with Crippen molar-refractivity contribution in [1.29, 1.82) is 0 Å². The number of fused-ring (bicyclic) bond motifs is 1. The van der Waals surface area contributed by atoms with Gasteiger partial charge in [-0.25, -0.2) is 4.68 Å². The lowest BCUT2D eigenvalue weighted by atomic mass is 9.97. The summed E-state index contributed by atoms with van der Waals surface area (Å²) in [4.78, 5) is 13.1. The second-order valence-corrected chi connectivity index (χ2v) is 6.59. The van der Waals surface area contributed by atoms with E-state index in [2.05, 4.69) is 11.7 Å². The maximum Gasteiger partial charge on any atom is 0.416 e. The van der Waals surface area contributed by atoms with E-state index in [-0.39, 0.29) is 10.9 Å². The van der Waals surface area contributed by atoms with Crippen LogP contribution in [0, 0.1) is 5.92 Å². The number of hydrogen-bond donors (Lipinski definition) is 1. The van der Waals surface area contributed by atoms with Crippen LogP contribution in [0.25, 0.3) is 0 Å². The summed E-state index contributed by atoms with van der Waals surface area (Å²) in [5.41, 5.74) is 5.18. The highest BCUT2D eigenvalue weighted by atomic mass is 35.5. The Labute approximate surface area is 152 Å². The van der Waals surface area contributed by atoms with Crippen LogP contribution in [0.3, 0.4) is 0 Å². The predicted molar refractivity (Wildman–Crippen MR) is 92.1 cm³/mol. The van der Waals surface area contributed by atoms with Gasteiger partial charge in [0, 0.05) is 30.6 Å². The summed E-state index contributed by atoms with van der Waals surface area (Å²) in [7, 11) is 0. The smallest absolute Gasteiger partial charge is 0.366 e. The van der Waals surface area contributed by atoms with E-state index in [0.29, 0.717) is 36.6 Å². The molecule has 26 heavy (non-hydrogen) atoms. The van der Waals surface area contributed by atoms with Crippen molar-refractivity contribution < 1.29 is 18.0 Å². The Morgan fingerprint density at radius 3 is 2.69 bits per heavy atom. The molecule has 1 aliphatic rings. The van der Waals surface area contributed by atoms with Crippen LogP contribution < -0.4 is 10.6 Å². The zero-order chi connectivity index (χ0) is 19.1. The molecule has 0 saturated carbocycles. The first-order chi connectivity index (χ1) is 12.2. The van der Waals surface area contributed by atoms with Crippen LogP contribution in [0.5, 0.6) is 0 Å². The fourth-order valence-corrected chi connectivity index (χ4v) is 3.33. The van der Waals surface area contributed by atoms with Crippen molar-refractivity contribution >= 4 is 29.0 Å². The summed E-state index contributed by atoms with van der Waals surface area (Å²) >= 11 is 6.14. The van der Waals surface area contributed by atoms with E-state index in [0.717, 1.165) is 12.1 Å². The number of nitrogens with two attached hydrogens (primary N) is 1. The Morgan fingerprint density at radius 1 is 1.35 bits per heavy atom. The van der Waals surface area contributed by atoms with Crippen LogP contribution in [-0.2, 0) is 17.5 Å². The molecule has 5 nitrogen and oxygen atoms in total. The van der Waals surface area contributed by atoms with Crippen molar-refractivity contribution in [2.24, 2.45) is 11.7 Å². The number of nitrogens with zero attached hydrogens (tertiary/aromatic N) is 3.